The number of alkyl halides is 3. The summed E-state index contributed by atoms with van der Waals surface area (Å²) in [6.45, 7) is 10.5. The van der Waals surface area contributed by atoms with Gasteiger partial charge in [0.15, 0.2) is 5.69 Å². The number of carbonyl (C=O) groups is 2. The lowest BCUT2D eigenvalue weighted by molar-refractivity contribution is -0.141. The predicted octanol–water partition coefficient (Wildman–Crippen LogP) is 8.66. The normalized spacial score (nSPS) is 15.1. The summed E-state index contributed by atoms with van der Waals surface area (Å²) >= 11 is -1.67. The molecule has 3 N–H and O–H groups in total. The third-order valence-electron chi connectivity index (χ3n) is 8.87. The van der Waals surface area contributed by atoms with Crippen molar-refractivity contribution in [3.63, 3.8) is 0 Å². The van der Waals surface area contributed by atoms with Gasteiger partial charge in [-0.1, -0.05) is 43.2 Å². The minimum Gasteiger partial charge on any atom is -0.598 e. The Hall–Kier alpha value is -4.91. The summed E-state index contributed by atoms with van der Waals surface area (Å²) in [5.41, 5.74) is -2.21. The molecule has 0 radical (unpaired) electrons. The molecule has 0 bridgehead atoms. The highest BCUT2D eigenvalue weighted by atomic mass is 32.2. The maximum absolute atomic E-state index is 15.7. The van der Waals surface area contributed by atoms with Gasteiger partial charge in [-0.2, -0.15) is 23.5 Å². The van der Waals surface area contributed by atoms with E-state index in [1.165, 1.54) is 30.3 Å². The van der Waals surface area contributed by atoms with Crippen molar-refractivity contribution in [3.05, 3.63) is 112 Å². The lowest BCUT2D eigenvalue weighted by atomic mass is 9.79. The van der Waals surface area contributed by atoms with E-state index in [1.807, 2.05) is 0 Å². The number of nitrogens with zero attached hydrogens (tertiary/aromatic N) is 3. The second kappa shape index (κ2) is 16.1. The Kier molecular flexibility index (Phi) is 12.0. The van der Waals surface area contributed by atoms with Gasteiger partial charge >= 0.3 is 12.3 Å². The standard InChI is InChI=1S/C40H44F4N6O4S/c1-37(2,3)47-36(52)54-24-27-10-8-12-30(20-27)50-33(22-34(48-50)40(42,43)44)35(51)46-32-21-29(15-16-31(32)41)39(18-17-25-13-14-25,49-55(53)38(4,5)6)28-11-7-9-26(19-28)23-45/h7-12,15-16,19-22,25,49H,13-14,17-18,24H2,1-6H3,(H,46,51)(H,47,52)/t39-,55?/m1/s1. The number of anilines is 1. The van der Waals surface area contributed by atoms with Gasteiger partial charge in [0.25, 0.3) is 5.91 Å². The smallest absolute Gasteiger partial charge is 0.435 e. The molecule has 4 aromatic rings. The number of ether oxygens (including phenoxy) is 1. The molecular weight excluding hydrogens is 737 g/mol. The first kappa shape index (κ1) is 41.3. The zero-order valence-corrected chi connectivity index (χ0v) is 32.3. The third-order valence-corrected chi connectivity index (χ3v) is 10.5. The molecule has 1 fully saturated rings. The first-order valence-electron chi connectivity index (χ1n) is 17.7. The van der Waals surface area contributed by atoms with Crippen LogP contribution in [0.4, 0.5) is 28.0 Å². The maximum Gasteiger partial charge on any atom is 0.435 e. The molecule has 10 nitrogen and oxygen atoms in total. The summed E-state index contributed by atoms with van der Waals surface area (Å²) in [5.74, 6) is -1.53. The number of alkyl carbamates (subject to hydrolysis) is 1. The van der Waals surface area contributed by atoms with Crippen LogP contribution in [0.5, 0.6) is 0 Å². The fourth-order valence-electron chi connectivity index (χ4n) is 5.84. The van der Waals surface area contributed by atoms with Gasteiger partial charge in [-0.15, -0.1) is 4.72 Å². The fourth-order valence-corrected chi connectivity index (χ4v) is 6.80. The number of carbonyl (C=O) groups excluding carboxylic acids is 2. The van der Waals surface area contributed by atoms with E-state index >= 15 is 4.39 Å². The average Bonchev–Trinajstić information content (AvgIpc) is 3.82. The van der Waals surface area contributed by atoms with Crippen LogP contribution in [-0.4, -0.2) is 36.6 Å². The van der Waals surface area contributed by atoms with Gasteiger partial charge in [-0.25, -0.2) is 13.9 Å². The predicted molar refractivity (Wildman–Crippen MR) is 201 cm³/mol. The van der Waals surface area contributed by atoms with E-state index in [-0.39, 0.29) is 18.0 Å². The van der Waals surface area contributed by atoms with Crippen LogP contribution in [0.25, 0.3) is 5.69 Å². The van der Waals surface area contributed by atoms with Crippen LogP contribution in [0.1, 0.15) is 106 Å². The second-order valence-corrected chi connectivity index (χ2v) is 17.6. The van der Waals surface area contributed by atoms with Crippen molar-refractivity contribution < 1.29 is 36.4 Å². The van der Waals surface area contributed by atoms with Crippen LogP contribution >= 0.6 is 0 Å². The molecule has 292 valence electrons. The highest BCUT2D eigenvalue weighted by Gasteiger charge is 2.44. The van der Waals surface area contributed by atoms with Crippen LogP contribution in [0.3, 0.4) is 0 Å². The molecule has 0 saturated heterocycles. The molecule has 3 aromatic carbocycles. The maximum atomic E-state index is 15.7. The van der Waals surface area contributed by atoms with Crippen LogP contribution in [0.15, 0.2) is 72.8 Å². The van der Waals surface area contributed by atoms with Crippen molar-refractivity contribution >= 4 is 29.0 Å². The van der Waals surface area contributed by atoms with Crippen molar-refractivity contribution in [1.29, 1.82) is 5.26 Å². The number of amides is 2. The van der Waals surface area contributed by atoms with E-state index in [2.05, 4.69) is 26.5 Å². The number of nitriles is 1. The number of halogens is 4. The van der Waals surface area contributed by atoms with E-state index in [4.69, 9.17) is 4.74 Å². The van der Waals surface area contributed by atoms with E-state index < -0.39 is 62.6 Å². The summed E-state index contributed by atoms with van der Waals surface area (Å²) in [4.78, 5) is 26.1. The molecule has 1 aliphatic rings. The molecule has 55 heavy (non-hydrogen) atoms. The fraction of sp³-hybridized carbons (Fsp3) is 0.400. The lowest BCUT2D eigenvalue weighted by Crippen LogP contribution is -2.52. The van der Waals surface area contributed by atoms with Gasteiger partial charge in [0.2, 0.25) is 0 Å². The van der Waals surface area contributed by atoms with Gasteiger partial charge in [0, 0.05) is 23.0 Å². The molecule has 2 amide bonds. The highest BCUT2D eigenvalue weighted by molar-refractivity contribution is 7.90. The number of hydrogen-bond donors (Lipinski definition) is 3. The van der Waals surface area contributed by atoms with Gasteiger partial charge in [0.05, 0.1) is 23.0 Å². The lowest BCUT2D eigenvalue weighted by Gasteiger charge is -2.39. The third kappa shape index (κ3) is 10.4. The van der Waals surface area contributed by atoms with E-state index in [0.29, 0.717) is 40.7 Å². The van der Waals surface area contributed by atoms with Crippen LogP contribution < -0.4 is 15.4 Å². The Labute approximate surface area is 321 Å². The molecule has 1 aliphatic carbocycles. The average molecular weight is 781 g/mol. The van der Waals surface area contributed by atoms with Crippen molar-refractivity contribution in [1.82, 2.24) is 19.8 Å². The Bertz CT molecular complexity index is 2080. The number of nitrogens with one attached hydrogen (secondary N) is 3. The van der Waals surface area contributed by atoms with Crippen molar-refractivity contribution in [2.75, 3.05) is 5.32 Å². The molecule has 2 atom stereocenters. The van der Waals surface area contributed by atoms with E-state index in [9.17, 15) is 32.6 Å². The first-order valence-corrected chi connectivity index (χ1v) is 18.9. The molecule has 0 aliphatic heterocycles. The molecule has 0 spiro atoms. The molecule has 1 heterocycles. The monoisotopic (exact) mass is 780 g/mol. The minimum absolute atomic E-state index is 0.0533. The van der Waals surface area contributed by atoms with Gasteiger partial charge in [0.1, 0.15) is 28.4 Å². The molecule has 15 heteroatoms. The Morgan fingerprint density at radius 3 is 2.31 bits per heavy atom. The number of benzene rings is 3. The summed E-state index contributed by atoms with van der Waals surface area (Å²) in [5, 5.41) is 18.5. The highest BCUT2D eigenvalue weighted by Crippen LogP contribution is 2.43. The number of hydrogen-bond acceptors (Lipinski definition) is 7. The molecular formula is C40H44F4N6O4S. The van der Waals surface area contributed by atoms with Crippen molar-refractivity contribution in [2.45, 2.75) is 95.8 Å². The van der Waals surface area contributed by atoms with Gasteiger partial charge < -0.3 is 19.9 Å². The van der Waals surface area contributed by atoms with Gasteiger partial charge in [-0.3, -0.25) is 4.79 Å². The number of aromatic nitrogens is 2. The molecule has 1 aromatic heterocycles. The minimum atomic E-state index is -4.93. The van der Waals surface area contributed by atoms with Gasteiger partial charge in [-0.05, 0) is 113 Å². The quantitative estimate of drug-likeness (QED) is 0.0964. The Balaban J connectivity index is 1.54. The Morgan fingerprint density at radius 2 is 1.67 bits per heavy atom. The van der Waals surface area contributed by atoms with E-state index in [1.54, 1.807) is 71.9 Å². The summed E-state index contributed by atoms with van der Waals surface area (Å²) in [7, 11) is 0. The van der Waals surface area contributed by atoms with Crippen LogP contribution in [-0.2, 0) is 34.4 Å². The molecule has 1 saturated carbocycles. The molecule has 1 unspecified atom stereocenters. The second-order valence-electron chi connectivity index (χ2n) is 15.7. The van der Waals surface area contributed by atoms with E-state index in [0.717, 1.165) is 30.0 Å². The molecule has 5 rings (SSSR count). The zero-order valence-electron chi connectivity index (χ0n) is 31.4. The van der Waals surface area contributed by atoms with Crippen LogP contribution in [0, 0.1) is 23.1 Å². The van der Waals surface area contributed by atoms with Crippen LogP contribution in [0.2, 0.25) is 0 Å². The first-order chi connectivity index (χ1) is 25.7. The summed E-state index contributed by atoms with van der Waals surface area (Å²) < 4.78 is 80.2. The number of rotatable bonds is 12. The zero-order chi connectivity index (χ0) is 40.3. The Morgan fingerprint density at radius 1 is 0.982 bits per heavy atom. The SMILES string of the molecule is CC(C)(C)NC(=O)OCc1cccc(-n2nc(C(F)(F)F)cc2C(=O)Nc2cc([C@](CCC3CC3)(N[S+]([O-])C(C)(C)C)c3cccc(C#N)c3)ccc2F)c1. The largest absolute Gasteiger partial charge is 0.598 e. The summed E-state index contributed by atoms with van der Waals surface area (Å²) in [6.07, 6.45) is -2.45. The van der Waals surface area contributed by atoms with Crippen molar-refractivity contribution in [3.8, 4) is 11.8 Å². The van der Waals surface area contributed by atoms with Crippen molar-refractivity contribution in [2.24, 2.45) is 5.92 Å². The topological polar surface area (TPSA) is 144 Å². The summed E-state index contributed by atoms with van der Waals surface area (Å²) in [6, 6.07) is 19.5.